The lowest BCUT2D eigenvalue weighted by Gasteiger charge is -2.22. The van der Waals surface area contributed by atoms with Crippen LogP contribution in [0.5, 0.6) is 0 Å². The number of benzene rings is 2. The van der Waals surface area contributed by atoms with Crippen molar-refractivity contribution in [3.05, 3.63) is 76.5 Å². The molecular formula is C19H21NO2. The first-order chi connectivity index (χ1) is 10.8. The molecule has 0 heterocycles. The molecule has 114 valence electrons. The van der Waals surface area contributed by atoms with Gasteiger partial charge in [0.15, 0.2) is 0 Å². The summed E-state index contributed by atoms with van der Waals surface area (Å²) in [5.74, 6) is 0.639. The Morgan fingerprint density at radius 2 is 1.45 bits per heavy atom. The summed E-state index contributed by atoms with van der Waals surface area (Å²) in [7, 11) is 0. The predicted molar refractivity (Wildman–Crippen MR) is 87.3 cm³/mol. The van der Waals surface area contributed by atoms with Gasteiger partial charge < -0.3 is 5.21 Å². The zero-order valence-electron chi connectivity index (χ0n) is 12.6. The molecule has 2 aromatic carbocycles. The lowest BCUT2D eigenvalue weighted by atomic mass is 9.83. The average molecular weight is 295 g/mol. The first-order valence-electron chi connectivity index (χ1n) is 7.94. The van der Waals surface area contributed by atoms with E-state index in [4.69, 9.17) is 0 Å². The van der Waals surface area contributed by atoms with Crippen molar-refractivity contribution in [2.24, 2.45) is 0 Å². The van der Waals surface area contributed by atoms with Crippen LogP contribution in [0.3, 0.4) is 0 Å². The Kier molecular flexibility index (Phi) is 4.42. The Balaban J connectivity index is 1.89. The third-order valence-electron chi connectivity index (χ3n) is 4.50. The minimum Gasteiger partial charge on any atom is -0.417 e. The molecule has 0 aromatic heterocycles. The highest BCUT2D eigenvalue weighted by Gasteiger charge is 2.19. The fraction of sp³-hybridized carbons (Fsp3) is 0.316. The van der Waals surface area contributed by atoms with E-state index in [0.29, 0.717) is 11.5 Å². The van der Waals surface area contributed by atoms with Gasteiger partial charge in [0, 0.05) is 4.90 Å². The summed E-state index contributed by atoms with van der Waals surface area (Å²) in [6.45, 7) is 0. The molecule has 0 spiro atoms. The van der Waals surface area contributed by atoms with Gasteiger partial charge in [0.25, 0.3) is 5.71 Å². The van der Waals surface area contributed by atoms with E-state index < -0.39 is 0 Å². The van der Waals surface area contributed by atoms with Gasteiger partial charge in [-0.15, -0.1) is 0 Å². The van der Waals surface area contributed by atoms with E-state index in [-0.39, 0.29) is 10.6 Å². The van der Waals surface area contributed by atoms with E-state index in [9.17, 15) is 10.4 Å². The Hall–Kier alpha value is -2.29. The van der Waals surface area contributed by atoms with Crippen LogP contribution in [0.4, 0.5) is 0 Å². The van der Waals surface area contributed by atoms with Crippen LogP contribution in [0.15, 0.2) is 54.6 Å². The molecule has 1 saturated carbocycles. The summed E-state index contributed by atoms with van der Waals surface area (Å²) in [6, 6.07) is 17.3. The molecule has 3 nitrogen and oxygen atoms in total. The van der Waals surface area contributed by atoms with Gasteiger partial charge in [0.2, 0.25) is 0 Å². The summed E-state index contributed by atoms with van der Waals surface area (Å²) >= 11 is 0. The Bertz CT molecular complexity index is 637. The fourth-order valence-electron chi connectivity index (χ4n) is 3.33. The molecule has 0 saturated heterocycles. The van der Waals surface area contributed by atoms with Crippen LogP contribution in [0.1, 0.15) is 54.7 Å². The van der Waals surface area contributed by atoms with Crippen LogP contribution in [0, 0.1) is 5.21 Å². The van der Waals surface area contributed by atoms with Crippen molar-refractivity contribution in [1.29, 1.82) is 0 Å². The molecule has 22 heavy (non-hydrogen) atoms. The Morgan fingerprint density at radius 3 is 2.05 bits per heavy atom. The van der Waals surface area contributed by atoms with Gasteiger partial charge in [-0.2, -0.15) is 0 Å². The lowest BCUT2D eigenvalue weighted by molar-refractivity contribution is -0.725. The second-order valence-corrected chi connectivity index (χ2v) is 5.94. The summed E-state index contributed by atoms with van der Waals surface area (Å²) in [6.07, 6.45) is 6.46. The van der Waals surface area contributed by atoms with Crippen molar-refractivity contribution >= 4 is 5.71 Å². The summed E-state index contributed by atoms with van der Waals surface area (Å²) in [5, 5.41) is 21.0. The molecular weight excluding hydrogens is 274 g/mol. The lowest BCUT2D eigenvalue weighted by Crippen LogP contribution is -2.15. The van der Waals surface area contributed by atoms with Gasteiger partial charge >= 0.3 is 0 Å². The van der Waals surface area contributed by atoms with E-state index in [1.165, 1.54) is 37.7 Å². The highest BCUT2D eigenvalue weighted by Crippen LogP contribution is 2.32. The molecule has 1 N–H and O–H groups in total. The molecule has 1 aliphatic rings. The van der Waals surface area contributed by atoms with Crippen LogP contribution in [-0.4, -0.2) is 15.8 Å². The van der Waals surface area contributed by atoms with Crippen molar-refractivity contribution in [3.63, 3.8) is 0 Å². The topological polar surface area (TPSA) is 46.3 Å². The molecule has 0 bridgehead atoms. The predicted octanol–water partition coefficient (Wildman–Crippen LogP) is 4.47. The number of hydrogen-bond acceptors (Lipinski definition) is 2. The Labute approximate surface area is 131 Å². The number of nitrogens with zero attached hydrogens (tertiary/aromatic N) is 1. The third kappa shape index (κ3) is 3.14. The van der Waals surface area contributed by atoms with Gasteiger partial charge in [0.05, 0.1) is 11.1 Å². The van der Waals surface area contributed by atoms with Crippen molar-refractivity contribution in [1.82, 2.24) is 0 Å². The fourth-order valence-corrected chi connectivity index (χ4v) is 3.33. The van der Waals surface area contributed by atoms with Crippen molar-refractivity contribution < 1.29 is 10.1 Å². The molecule has 2 aromatic rings. The van der Waals surface area contributed by atoms with Gasteiger partial charge in [-0.3, -0.25) is 5.21 Å². The van der Waals surface area contributed by atoms with Gasteiger partial charge in [-0.1, -0.05) is 49.6 Å². The first kappa shape index (κ1) is 14.6. The van der Waals surface area contributed by atoms with Crippen LogP contribution in [0.2, 0.25) is 0 Å². The van der Waals surface area contributed by atoms with Crippen LogP contribution < -0.4 is 0 Å². The average Bonchev–Trinajstić information content (AvgIpc) is 2.57. The van der Waals surface area contributed by atoms with E-state index in [0.717, 1.165) is 5.56 Å². The standard InChI is InChI=1S/C19H21NO2/c21-20(22)19(17-9-5-2-6-10-17)18-13-11-16(12-14-18)15-7-3-1-4-8-15/h2,5-6,9-15H,1,3-4,7-8H2,(H,21,22). The molecule has 0 aliphatic heterocycles. The van der Waals surface area contributed by atoms with Crippen LogP contribution in [-0.2, 0) is 0 Å². The summed E-state index contributed by atoms with van der Waals surface area (Å²) in [4.78, 5) is -0.0368. The van der Waals surface area contributed by atoms with E-state index in [1.54, 1.807) is 0 Å². The normalized spacial score (nSPS) is 17.1. The maximum atomic E-state index is 11.6. The molecule has 0 radical (unpaired) electrons. The Morgan fingerprint density at radius 1 is 0.864 bits per heavy atom. The SMILES string of the molecule is [O-][N+](O)=C(c1ccccc1)c1ccc(C2CCCCC2)cc1. The van der Waals surface area contributed by atoms with E-state index >= 15 is 0 Å². The minimum atomic E-state index is -0.0368. The maximum absolute atomic E-state index is 11.6. The largest absolute Gasteiger partial charge is 0.417 e. The molecule has 0 amide bonds. The van der Waals surface area contributed by atoms with Gasteiger partial charge in [0.1, 0.15) is 0 Å². The van der Waals surface area contributed by atoms with Crippen LogP contribution in [0.25, 0.3) is 0 Å². The van der Waals surface area contributed by atoms with E-state index in [1.807, 2.05) is 42.5 Å². The minimum absolute atomic E-state index is 0.0368. The zero-order valence-corrected chi connectivity index (χ0v) is 12.6. The van der Waals surface area contributed by atoms with Gasteiger partial charge in [-0.05, 0) is 48.6 Å². The summed E-state index contributed by atoms with van der Waals surface area (Å²) in [5.41, 5.74) is 3.08. The third-order valence-corrected chi connectivity index (χ3v) is 4.50. The monoisotopic (exact) mass is 295 g/mol. The second kappa shape index (κ2) is 6.65. The maximum Gasteiger partial charge on any atom is 0.282 e. The molecule has 1 aliphatic carbocycles. The molecule has 3 rings (SSSR count). The molecule has 0 atom stereocenters. The number of hydrogen-bond donors (Lipinski definition) is 1. The zero-order chi connectivity index (χ0) is 15.4. The second-order valence-electron chi connectivity index (χ2n) is 5.94. The molecule has 1 fully saturated rings. The highest BCUT2D eigenvalue weighted by molar-refractivity contribution is 6.09. The first-order valence-corrected chi connectivity index (χ1v) is 7.94. The van der Waals surface area contributed by atoms with Gasteiger partial charge in [-0.25, -0.2) is 0 Å². The van der Waals surface area contributed by atoms with Crippen molar-refractivity contribution in [2.75, 3.05) is 0 Å². The van der Waals surface area contributed by atoms with Crippen molar-refractivity contribution in [3.8, 4) is 0 Å². The van der Waals surface area contributed by atoms with Crippen molar-refractivity contribution in [2.45, 2.75) is 38.0 Å². The summed E-state index contributed by atoms with van der Waals surface area (Å²) < 4.78 is 0. The van der Waals surface area contributed by atoms with Crippen LogP contribution >= 0.6 is 0 Å². The quantitative estimate of drug-likeness (QED) is 0.393. The van der Waals surface area contributed by atoms with E-state index in [2.05, 4.69) is 12.1 Å². The molecule has 0 unspecified atom stereocenters. The number of rotatable bonds is 3. The smallest absolute Gasteiger partial charge is 0.282 e. The highest BCUT2D eigenvalue weighted by atomic mass is 16.8. The molecule has 3 heteroatoms.